The number of halogens is 4. The quantitative estimate of drug-likeness (QED) is 0.379. The van der Waals surface area contributed by atoms with Crippen LogP contribution >= 0.6 is 0 Å². The van der Waals surface area contributed by atoms with Crippen LogP contribution in [0.3, 0.4) is 0 Å². The number of hydrogen-bond donors (Lipinski definition) is 1. The predicted molar refractivity (Wildman–Crippen MR) is 60.6 cm³/mol. The second kappa shape index (κ2) is 6.90. The molecule has 8 heteroatoms. The van der Waals surface area contributed by atoms with Gasteiger partial charge in [-0.1, -0.05) is 0 Å². The minimum Gasteiger partial charge on any atom is -0.478 e. The van der Waals surface area contributed by atoms with Crippen LogP contribution < -0.4 is 4.74 Å². The number of carboxylic acids is 1. The molecule has 0 spiro atoms. The lowest BCUT2D eigenvalue weighted by atomic mass is 10.2. The molecule has 0 radical (unpaired) electrons. The summed E-state index contributed by atoms with van der Waals surface area (Å²) in [4.78, 5) is 10.4. The predicted octanol–water partition coefficient (Wildman–Crippen LogP) is 2.84. The minimum absolute atomic E-state index is 0.00562. The first kappa shape index (κ1) is 16.0. The molecule has 20 heavy (non-hydrogen) atoms. The maximum absolute atomic E-state index is 13.0. The number of carbonyl (C=O) groups is 1. The van der Waals surface area contributed by atoms with Crippen LogP contribution in [0.2, 0.25) is 0 Å². The van der Waals surface area contributed by atoms with Gasteiger partial charge < -0.3 is 14.6 Å². The summed E-state index contributed by atoms with van der Waals surface area (Å²) in [6.45, 7) is -2.17. The van der Waals surface area contributed by atoms with Crippen molar-refractivity contribution in [1.82, 2.24) is 0 Å². The van der Waals surface area contributed by atoms with Crippen LogP contribution in [-0.4, -0.2) is 30.7 Å². The van der Waals surface area contributed by atoms with Crippen molar-refractivity contribution in [3.63, 3.8) is 0 Å². The summed E-state index contributed by atoms with van der Waals surface area (Å²) in [5.41, 5.74) is 0.0722. The molecule has 0 atom stereocenters. The van der Waals surface area contributed by atoms with E-state index in [-0.39, 0.29) is 11.3 Å². The number of alkyl halides is 3. The molecule has 0 amide bonds. The lowest BCUT2D eigenvalue weighted by molar-refractivity contribution is -0.186. The Balaban J connectivity index is 2.67. The first-order valence-corrected chi connectivity index (χ1v) is 5.26. The molecule has 110 valence electrons. The molecule has 0 saturated carbocycles. The van der Waals surface area contributed by atoms with Crippen LogP contribution in [0.5, 0.6) is 5.75 Å². The van der Waals surface area contributed by atoms with Gasteiger partial charge in [0, 0.05) is 11.6 Å². The van der Waals surface area contributed by atoms with E-state index < -0.39 is 31.4 Å². The summed E-state index contributed by atoms with van der Waals surface area (Å²) >= 11 is 0. The van der Waals surface area contributed by atoms with E-state index in [1.165, 1.54) is 0 Å². The molecule has 0 heterocycles. The fourth-order valence-electron chi connectivity index (χ4n) is 1.20. The van der Waals surface area contributed by atoms with Gasteiger partial charge in [-0.3, -0.25) is 0 Å². The van der Waals surface area contributed by atoms with Crippen LogP contribution in [0.15, 0.2) is 24.3 Å². The van der Waals surface area contributed by atoms with E-state index in [4.69, 9.17) is 9.84 Å². The first-order valence-electron chi connectivity index (χ1n) is 5.26. The zero-order chi connectivity index (χ0) is 15.2. The Bertz CT molecular complexity index is 497. The molecule has 0 fully saturated rings. The second-order valence-electron chi connectivity index (χ2n) is 3.58. The van der Waals surface area contributed by atoms with Crippen molar-refractivity contribution in [3.8, 4) is 5.75 Å². The van der Waals surface area contributed by atoms with Crippen LogP contribution in [0, 0.1) is 5.82 Å². The van der Waals surface area contributed by atoms with E-state index >= 15 is 0 Å². The van der Waals surface area contributed by atoms with Gasteiger partial charge in [-0.2, -0.15) is 13.2 Å². The minimum atomic E-state index is -4.47. The Morgan fingerprint density at radius 1 is 1.35 bits per heavy atom. The van der Waals surface area contributed by atoms with Gasteiger partial charge >= 0.3 is 12.1 Å². The topological polar surface area (TPSA) is 55.8 Å². The van der Waals surface area contributed by atoms with Crippen molar-refractivity contribution in [2.45, 2.75) is 6.18 Å². The lowest BCUT2D eigenvalue weighted by Crippen LogP contribution is -2.19. The Morgan fingerprint density at radius 2 is 2.05 bits per heavy atom. The highest BCUT2D eigenvalue weighted by Gasteiger charge is 2.27. The molecule has 4 nitrogen and oxygen atoms in total. The SMILES string of the molecule is O=C(O)/C=C/c1cc(F)ccc1OCOCC(F)(F)F. The molecule has 0 bridgehead atoms. The van der Waals surface area contributed by atoms with Gasteiger partial charge in [0.2, 0.25) is 0 Å². The van der Waals surface area contributed by atoms with Gasteiger partial charge in [0.15, 0.2) is 6.79 Å². The number of benzene rings is 1. The molecule has 1 aromatic carbocycles. The summed E-state index contributed by atoms with van der Waals surface area (Å²) in [6.07, 6.45) is -2.67. The van der Waals surface area contributed by atoms with E-state index in [9.17, 15) is 22.4 Å². The van der Waals surface area contributed by atoms with Gasteiger partial charge in [-0.15, -0.1) is 0 Å². The highest BCUT2D eigenvalue weighted by Crippen LogP contribution is 2.22. The van der Waals surface area contributed by atoms with Crippen molar-refractivity contribution in [2.24, 2.45) is 0 Å². The maximum Gasteiger partial charge on any atom is 0.411 e. The van der Waals surface area contributed by atoms with Crippen molar-refractivity contribution in [3.05, 3.63) is 35.7 Å². The lowest BCUT2D eigenvalue weighted by Gasteiger charge is -2.11. The van der Waals surface area contributed by atoms with Crippen molar-refractivity contribution >= 4 is 12.0 Å². The number of rotatable bonds is 6. The molecule has 0 aliphatic heterocycles. The molecule has 0 unspecified atom stereocenters. The summed E-state index contributed by atoms with van der Waals surface area (Å²) in [5.74, 6) is -1.89. The highest BCUT2D eigenvalue weighted by molar-refractivity contribution is 5.85. The fraction of sp³-hybridized carbons (Fsp3) is 0.250. The van der Waals surface area contributed by atoms with E-state index in [1.54, 1.807) is 0 Å². The van der Waals surface area contributed by atoms with Gasteiger partial charge in [0.05, 0.1) is 0 Å². The summed E-state index contributed by atoms with van der Waals surface area (Å²) in [5, 5.41) is 8.47. The van der Waals surface area contributed by atoms with Crippen LogP contribution in [0.1, 0.15) is 5.56 Å². The first-order chi connectivity index (χ1) is 9.28. The number of aliphatic carboxylic acids is 1. The molecule has 1 N–H and O–H groups in total. The summed E-state index contributed by atoms with van der Waals surface area (Å²) in [7, 11) is 0. The van der Waals surface area contributed by atoms with E-state index in [2.05, 4.69) is 4.74 Å². The normalized spacial score (nSPS) is 11.8. The Labute approximate surface area is 111 Å². The van der Waals surface area contributed by atoms with Crippen LogP contribution in [-0.2, 0) is 9.53 Å². The third-order valence-electron chi connectivity index (χ3n) is 1.94. The van der Waals surface area contributed by atoms with Crippen molar-refractivity contribution in [2.75, 3.05) is 13.4 Å². The Morgan fingerprint density at radius 3 is 2.65 bits per heavy atom. The van der Waals surface area contributed by atoms with Gasteiger partial charge in [-0.05, 0) is 24.3 Å². The average molecular weight is 294 g/mol. The van der Waals surface area contributed by atoms with Crippen LogP contribution in [0.25, 0.3) is 6.08 Å². The molecular formula is C12H10F4O4. The fourth-order valence-corrected chi connectivity index (χ4v) is 1.20. The van der Waals surface area contributed by atoms with Gasteiger partial charge in [0.1, 0.15) is 18.2 Å². The van der Waals surface area contributed by atoms with E-state index in [0.29, 0.717) is 0 Å². The Hall–Kier alpha value is -2.09. The van der Waals surface area contributed by atoms with Crippen LogP contribution in [0.4, 0.5) is 17.6 Å². The van der Waals surface area contributed by atoms with Gasteiger partial charge in [-0.25, -0.2) is 9.18 Å². The standard InChI is InChI=1S/C12H10F4O4/c13-9-2-3-10(8(5-9)1-4-11(17)18)20-7-19-6-12(14,15)16/h1-5H,6-7H2,(H,17,18)/b4-1+. The Kier molecular flexibility index (Phi) is 5.51. The smallest absolute Gasteiger partial charge is 0.411 e. The average Bonchev–Trinajstić information content (AvgIpc) is 2.32. The third-order valence-corrected chi connectivity index (χ3v) is 1.94. The van der Waals surface area contributed by atoms with E-state index in [0.717, 1.165) is 30.4 Å². The number of ether oxygens (including phenoxy) is 2. The molecule has 1 rings (SSSR count). The molecule has 0 aliphatic carbocycles. The third kappa shape index (κ3) is 6.19. The number of carboxylic acid groups (broad SMARTS) is 1. The zero-order valence-electron chi connectivity index (χ0n) is 9.98. The highest BCUT2D eigenvalue weighted by atomic mass is 19.4. The maximum atomic E-state index is 13.0. The second-order valence-corrected chi connectivity index (χ2v) is 3.58. The molecule has 0 saturated heterocycles. The monoisotopic (exact) mass is 294 g/mol. The van der Waals surface area contributed by atoms with Gasteiger partial charge in [0.25, 0.3) is 0 Å². The van der Waals surface area contributed by atoms with Crippen molar-refractivity contribution < 1.29 is 36.9 Å². The van der Waals surface area contributed by atoms with Crippen molar-refractivity contribution in [1.29, 1.82) is 0 Å². The summed E-state index contributed by atoms with van der Waals surface area (Å²) < 4.78 is 57.6. The molecule has 0 aromatic heterocycles. The summed E-state index contributed by atoms with van der Waals surface area (Å²) in [6, 6.07) is 3.17. The zero-order valence-corrected chi connectivity index (χ0v) is 9.98. The van der Waals surface area contributed by atoms with E-state index in [1.807, 2.05) is 0 Å². The molecule has 0 aliphatic rings. The molecule has 1 aromatic rings. The number of hydrogen-bond acceptors (Lipinski definition) is 3. The molecular weight excluding hydrogens is 284 g/mol. The largest absolute Gasteiger partial charge is 0.478 e.